The van der Waals surface area contributed by atoms with E-state index in [1.807, 2.05) is 18.2 Å². The summed E-state index contributed by atoms with van der Waals surface area (Å²) >= 11 is 12.7. The molecule has 19 heavy (non-hydrogen) atoms. The van der Waals surface area contributed by atoms with Crippen molar-refractivity contribution in [1.82, 2.24) is 5.32 Å². The molecule has 1 aliphatic carbocycles. The van der Waals surface area contributed by atoms with Crippen LogP contribution < -0.4 is 5.32 Å². The van der Waals surface area contributed by atoms with Crippen LogP contribution >= 0.6 is 23.2 Å². The second kappa shape index (κ2) is 6.97. The van der Waals surface area contributed by atoms with Gasteiger partial charge in [0.05, 0.1) is 0 Å². The van der Waals surface area contributed by atoms with Crippen LogP contribution in [0.15, 0.2) is 18.2 Å². The first kappa shape index (κ1) is 15.2. The summed E-state index contributed by atoms with van der Waals surface area (Å²) in [6, 6.07) is 5.82. The highest BCUT2D eigenvalue weighted by molar-refractivity contribution is 6.36. The number of hydrogen-bond acceptors (Lipinski definition) is 1. The molecule has 0 radical (unpaired) electrons. The molecule has 1 aliphatic rings. The number of halogens is 2. The Balaban J connectivity index is 2.12. The Hall–Kier alpha value is -0.240. The van der Waals surface area contributed by atoms with Crippen LogP contribution in [0, 0.1) is 5.41 Å². The van der Waals surface area contributed by atoms with Crippen molar-refractivity contribution in [2.75, 3.05) is 13.1 Å². The molecule has 0 unspecified atom stereocenters. The van der Waals surface area contributed by atoms with Crippen molar-refractivity contribution in [2.45, 2.75) is 45.4 Å². The lowest BCUT2D eigenvalue weighted by Gasteiger charge is -2.30. The fraction of sp³-hybridized carbons (Fsp3) is 0.625. The number of hydrogen-bond donors (Lipinski definition) is 1. The third kappa shape index (κ3) is 3.87. The molecule has 1 N–H and O–H groups in total. The molecular formula is C16H23Cl2N. The van der Waals surface area contributed by atoms with E-state index < -0.39 is 0 Å². The van der Waals surface area contributed by atoms with E-state index in [4.69, 9.17) is 23.2 Å². The topological polar surface area (TPSA) is 12.0 Å². The predicted octanol–water partition coefficient (Wildman–Crippen LogP) is 5.10. The Morgan fingerprint density at radius 3 is 2.37 bits per heavy atom. The first-order valence-electron chi connectivity index (χ1n) is 7.30. The Bertz CT molecular complexity index is 391. The smallest absolute Gasteiger partial charge is 0.0453 e. The lowest BCUT2D eigenvalue weighted by atomic mass is 9.80. The van der Waals surface area contributed by atoms with Gasteiger partial charge in [0.2, 0.25) is 0 Å². The highest BCUT2D eigenvalue weighted by Crippen LogP contribution is 2.43. The molecule has 106 valence electrons. The van der Waals surface area contributed by atoms with Crippen LogP contribution in [0.1, 0.15) is 44.6 Å². The van der Waals surface area contributed by atoms with Crippen molar-refractivity contribution in [2.24, 2.45) is 5.41 Å². The molecule has 3 heteroatoms. The summed E-state index contributed by atoms with van der Waals surface area (Å²) in [5.74, 6) is 0. The van der Waals surface area contributed by atoms with Gasteiger partial charge >= 0.3 is 0 Å². The average Bonchev–Trinajstić information content (AvgIpc) is 2.84. The van der Waals surface area contributed by atoms with Crippen LogP contribution in [0.3, 0.4) is 0 Å². The van der Waals surface area contributed by atoms with Crippen molar-refractivity contribution in [1.29, 1.82) is 0 Å². The molecule has 1 aromatic carbocycles. The predicted molar refractivity (Wildman–Crippen MR) is 84.2 cm³/mol. The van der Waals surface area contributed by atoms with E-state index in [-0.39, 0.29) is 0 Å². The van der Waals surface area contributed by atoms with Crippen LogP contribution in [0.5, 0.6) is 0 Å². The lowest BCUT2D eigenvalue weighted by Crippen LogP contribution is -2.34. The first-order valence-corrected chi connectivity index (χ1v) is 8.06. The Kier molecular flexibility index (Phi) is 5.56. The molecule has 1 fully saturated rings. The monoisotopic (exact) mass is 299 g/mol. The molecule has 0 atom stereocenters. The maximum absolute atomic E-state index is 6.33. The molecule has 0 heterocycles. The standard InChI is InChI=1S/C16H23Cl2N/c1-2-10-19-12-16(8-3-4-9-16)11-13-14(17)6-5-7-15(13)18/h5-7,19H,2-4,8-12H2,1H3. The molecule has 0 aromatic heterocycles. The maximum Gasteiger partial charge on any atom is 0.0453 e. The molecule has 2 rings (SSSR count). The quantitative estimate of drug-likeness (QED) is 0.721. The van der Waals surface area contributed by atoms with Crippen molar-refractivity contribution in [3.63, 3.8) is 0 Å². The fourth-order valence-electron chi connectivity index (χ4n) is 3.15. The van der Waals surface area contributed by atoms with Gasteiger partial charge < -0.3 is 5.32 Å². The summed E-state index contributed by atoms with van der Waals surface area (Å²) in [5, 5.41) is 5.22. The van der Waals surface area contributed by atoms with Gasteiger partial charge in [-0.05, 0) is 55.3 Å². The second-order valence-corrected chi connectivity index (χ2v) is 6.58. The van der Waals surface area contributed by atoms with Crippen molar-refractivity contribution < 1.29 is 0 Å². The highest BCUT2D eigenvalue weighted by atomic mass is 35.5. The summed E-state index contributed by atoms with van der Waals surface area (Å²) in [5.41, 5.74) is 1.48. The van der Waals surface area contributed by atoms with Crippen LogP contribution in [-0.2, 0) is 6.42 Å². The van der Waals surface area contributed by atoms with Crippen LogP contribution in [0.25, 0.3) is 0 Å². The molecule has 0 amide bonds. The summed E-state index contributed by atoms with van der Waals surface area (Å²) in [6.45, 7) is 4.39. The van der Waals surface area contributed by atoms with E-state index in [9.17, 15) is 0 Å². The van der Waals surface area contributed by atoms with E-state index in [1.165, 1.54) is 32.1 Å². The van der Waals surface area contributed by atoms with Gasteiger partial charge in [0.25, 0.3) is 0 Å². The van der Waals surface area contributed by atoms with Crippen molar-refractivity contribution >= 4 is 23.2 Å². The molecule has 1 nitrogen and oxygen atoms in total. The Labute approximate surface area is 126 Å². The second-order valence-electron chi connectivity index (χ2n) is 5.76. The average molecular weight is 300 g/mol. The minimum atomic E-state index is 0.351. The summed E-state index contributed by atoms with van der Waals surface area (Å²) in [6.07, 6.45) is 7.41. The van der Waals surface area contributed by atoms with Gasteiger partial charge in [-0.25, -0.2) is 0 Å². The van der Waals surface area contributed by atoms with Gasteiger partial charge in [0, 0.05) is 16.6 Å². The zero-order valence-corrected chi connectivity index (χ0v) is 13.2. The van der Waals surface area contributed by atoms with E-state index in [0.717, 1.165) is 35.1 Å². The highest BCUT2D eigenvalue weighted by Gasteiger charge is 2.34. The summed E-state index contributed by atoms with van der Waals surface area (Å²) in [7, 11) is 0. The van der Waals surface area contributed by atoms with E-state index in [2.05, 4.69) is 12.2 Å². The minimum Gasteiger partial charge on any atom is -0.316 e. The van der Waals surface area contributed by atoms with Gasteiger partial charge in [-0.15, -0.1) is 0 Å². The van der Waals surface area contributed by atoms with Gasteiger partial charge in [0.1, 0.15) is 0 Å². The minimum absolute atomic E-state index is 0.351. The van der Waals surface area contributed by atoms with Gasteiger partial charge in [0.15, 0.2) is 0 Å². The van der Waals surface area contributed by atoms with Crippen LogP contribution in [-0.4, -0.2) is 13.1 Å². The third-order valence-corrected chi connectivity index (χ3v) is 4.91. The molecule has 0 bridgehead atoms. The zero-order valence-electron chi connectivity index (χ0n) is 11.6. The number of benzene rings is 1. The molecule has 1 aromatic rings. The fourth-order valence-corrected chi connectivity index (χ4v) is 3.68. The Morgan fingerprint density at radius 1 is 1.16 bits per heavy atom. The number of rotatable bonds is 6. The largest absolute Gasteiger partial charge is 0.316 e. The summed E-state index contributed by atoms with van der Waals surface area (Å²) in [4.78, 5) is 0. The van der Waals surface area contributed by atoms with Gasteiger partial charge in [-0.2, -0.15) is 0 Å². The van der Waals surface area contributed by atoms with Gasteiger partial charge in [-0.3, -0.25) is 0 Å². The lowest BCUT2D eigenvalue weighted by molar-refractivity contribution is 0.278. The Morgan fingerprint density at radius 2 is 1.79 bits per heavy atom. The third-order valence-electron chi connectivity index (χ3n) is 4.20. The van der Waals surface area contributed by atoms with E-state index in [0.29, 0.717) is 5.41 Å². The van der Waals surface area contributed by atoms with Gasteiger partial charge in [-0.1, -0.05) is 49.0 Å². The SMILES string of the molecule is CCCNCC1(Cc2c(Cl)cccc2Cl)CCCC1. The number of nitrogens with one attached hydrogen (secondary N) is 1. The molecular weight excluding hydrogens is 277 g/mol. The normalized spacial score (nSPS) is 17.8. The summed E-state index contributed by atoms with van der Waals surface area (Å²) < 4.78 is 0. The maximum atomic E-state index is 6.33. The molecule has 0 aliphatic heterocycles. The van der Waals surface area contributed by atoms with Crippen molar-refractivity contribution in [3.8, 4) is 0 Å². The van der Waals surface area contributed by atoms with E-state index in [1.54, 1.807) is 0 Å². The van der Waals surface area contributed by atoms with Crippen LogP contribution in [0.2, 0.25) is 10.0 Å². The van der Waals surface area contributed by atoms with Crippen LogP contribution in [0.4, 0.5) is 0 Å². The molecule has 0 spiro atoms. The zero-order chi connectivity index (χ0) is 13.7. The molecule has 1 saturated carbocycles. The van der Waals surface area contributed by atoms with Crippen molar-refractivity contribution in [3.05, 3.63) is 33.8 Å². The van der Waals surface area contributed by atoms with E-state index >= 15 is 0 Å². The molecule has 0 saturated heterocycles. The first-order chi connectivity index (χ1) is 9.17.